The number of aromatic carboxylic acids is 1. The van der Waals surface area contributed by atoms with Crippen LogP contribution in [0, 0.1) is 10.1 Å². The first-order chi connectivity index (χ1) is 14.4. The molecule has 0 spiro atoms. The summed E-state index contributed by atoms with van der Waals surface area (Å²) in [5, 5.41) is 20.8. The number of hydrogen-bond donors (Lipinski definition) is 1. The molecule has 0 aliphatic heterocycles. The van der Waals surface area contributed by atoms with E-state index in [0.717, 1.165) is 17.7 Å². The molecular weight excluding hydrogens is 386 g/mol. The molecule has 3 aromatic rings. The number of carboxylic acid groups (broad SMARTS) is 1. The van der Waals surface area contributed by atoms with Crippen molar-refractivity contribution >= 4 is 17.6 Å². The quantitative estimate of drug-likeness (QED) is 0.337. The highest BCUT2D eigenvalue weighted by Gasteiger charge is 2.32. The van der Waals surface area contributed by atoms with Gasteiger partial charge in [0.25, 0.3) is 5.69 Å². The number of esters is 1. The molecule has 0 fully saturated rings. The SMILES string of the molecule is CC(c1ccccc1)[C@H](OC(=O)c1c(C(=O)O)cccc1[N+](=O)[O-])c1ccccc1. The number of carbonyl (C=O) groups excluding carboxylic acids is 1. The third-order valence-electron chi connectivity index (χ3n) is 4.82. The maximum atomic E-state index is 13.0. The van der Waals surface area contributed by atoms with Crippen molar-refractivity contribution in [2.24, 2.45) is 0 Å². The Kier molecular flexibility index (Phi) is 6.22. The van der Waals surface area contributed by atoms with Gasteiger partial charge in [0.1, 0.15) is 6.10 Å². The zero-order valence-corrected chi connectivity index (χ0v) is 16.1. The van der Waals surface area contributed by atoms with Crippen LogP contribution in [-0.2, 0) is 4.74 Å². The first kappa shape index (κ1) is 20.7. The molecule has 1 N–H and O–H groups in total. The fraction of sp³-hybridized carbons (Fsp3) is 0.130. The molecule has 0 heterocycles. The van der Waals surface area contributed by atoms with Crippen LogP contribution in [0.1, 0.15) is 50.8 Å². The molecule has 0 aliphatic rings. The van der Waals surface area contributed by atoms with Crippen LogP contribution in [0.5, 0.6) is 0 Å². The van der Waals surface area contributed by atoms with E-state index >= 15 is 0 Å². The van der Waals surface area contributed by atoms with Gasteiger partial charge in [-0.05, 0) is 17.2 Å². The summed E-state index contributed by atoms with van der Waals surface area (Å²) in [7, 11) is 0. The number of hydrogen-bond acceptors (Lipinski definition) is 5. The van der Waals surface area contributed by atoms with Crippen LogP contribution in [-0.4, -0.2) is 22.0 Å². The number of rotatable bonds is 7. The second kappa shape index (κ2) is 9.00. The summed E-state index contributed by atoms with van der Waals surface area (Å²) in [6.45, 7) is 1.87. The Bertz CT molecular complexity index is 1030. The standard InChI is InChI=1S/C23H19NO6/c1-15(16-9-4-2-5-10-16)21(17-11-6-3-7-12-17)30-23(27)20-18(22(25)26)13-8-14-19(20)24(28)29/h2-15,21H,1H3,(H,25,26)/t15?,21-/m0/s1. The average molecular weight is 405 g/mol. The molecule has 0 saturated heterocycles. The van der Waals surface area contributed by atoms with Crippen LogP contribution in [0.2, 0.25) is 0 Å². The van der Waals surface area contributed by atoms with Gasteiger partial charge in [-0.25, -0.2) is 9.59 Å². The van der Waals surface area contributed by atoms with Gasteiger partial charge in [-0.3, -0.25) is 10.1 Å². The number of nitrogens with zero attached hydrogens (tertiary/aromatic N) is 1. The van der Waals surface area contributed by atoms with Crippen molar-refractivity contribution in [1.82, 2.24) is 0 Å². The van der Waals surface area contributed by atoms with E-state index in [-0.39, 0.29) is 5.92 Å². The lowest BCUT2D eigenvalue weighted by Gasteiger charge is -2.25. The molecule has 0 aliphatic carbocycles. The van der Waals surface area contributed by atoms with Crippen molar-refractivity contribution in [1.29, 1.82) is 0 Å². The van der Waals surface area contributed by atoms with Gasteiger partial charge in [-0.15, -0.1) is 0 Å². The van der Waals surface area contributed by atoms with Crippen LogP contribution >= 0.6 is 0 Å². The largest absolute Gasteiger partial charge is 0.478 e. The first-order valence-electron chi connectivity index (χ1n) is 9.21. The molecule has 0 bridgehead atoms. The summed E-state index contributed by atoms with van der Waals surface area (Å²) in [6.07, 6.45) is -0.775. The number of nitro groups is 1. The van der Waals surface area contributed by atoms with Gasteiger partial charge >= 0.3 is 11.9 Å². The smallest absolute Gasteiger partial charge is 0.346 e. The Morgan fingerprint density at radius 1 is 0.900 bits per heavy atom. The van der Waals surface area contributed by atoms with Crippen LogP contribution in [0.15, 0.2) is 78.9 Å². The molecule has 3 rings (SSSR count). The summed E-state index contributed by atoms with van der Waals surface area (Å²) in [5.74, 6) is -2.79. The first-order valence-corrected chi connectivity index (χ1v) is 9.21. The van der Waals surface area contributed by atoms with Crippen molar-refractivity contribution in [2.75, 3.05) is 0 Å². The molecule has 7 nitrogen and oxygen atoms in total. The second-order valence-corrected chi connectivity index (χ2v) is 6.70. The predicted molar refractivity (Wildman–Crippen MR) is 110 cm³/mol. The summed E-state index contributed by atoms with van der Waals surface area (Å²) < 4.78 is 5.71. The monoisotopic (exact) mass is 405 g/mol. The van der Waals surface area contributed by atoms with E-state index in [1.165, 1.54) is 6.07 Å². The van der Waals surface area contributed by atoms with Gasteiger partial charge < -0.3 is 9.84 Å². The second-order valence-electron chi connectivity index (χ2n) is 6.70. The van der Waals surface area contributed by atoms with E-state index in [2.05, 4.69) is 0 Å². The van der Waals surface area contributed by atoms with E-state index in [0.29, 0.717) is 5.56 Å². The van der Waals surface area contributed by atoms with Crippen molar-refractivity contribution in [3.05, 3.63) is 111 Å². The van der Waals surface area contributed by atoms with Crippen LogP contribution in [0.25, 0.3) is 0 Å². The average Bonchev–Trinajstić information content (AvgIpc) is 2.77. The summed E-state index contributed by atoms with van der Waals surface area (Å²) in [6, 6.07) is 21.8. The van der Waals surface area contributed by atoms with Gasteiger partial charge in [0.15, 0.2) is 5.56 Å². The number of nitro benzene ring substituents is 1. The topological polar surface area (TPSA) is 107 Å². The van der Waals surface area contributed by atoms with Gasteiger partial charge in [-0.1, -0.05) is 73.7 Å². The molecule has 0 radical (unpaired) electrons. The molecule has 0 amide bonds. The molecule has 30 heavy (non-hydrogen) atoms. The third kappa shape index (κ3) is 4.35. The van der Waals surface area contributed by atoms with Crippen LogP contribution in [0.3, 0.4) is 0 Å². The summed E-state index contributed by atoms with van der Waals surface area (Å²) in [5.41, 5.74) is -0.0681. The predicted octanol–water partition coefficient (Wildman–Crippen LogP) is 4.99. The minimum absolute atomic E-state index is 0.284. The van der Waals surface area contributed by atoms with Crippen molar-refractivity contribution in [3.63, 3.8) is 0 Å². The van der Waals surface area contributed by atoms with E-state index in [9.17, 15) is 24.8 Å². The minimum Gasteiger partial charge on any atom is -0.478 e. The lowest BCUT2D eigenvalue weighted by molar-refractivity contribution is -0.385. The summed E-state index contributed by atoms with van der Waals surface area (Å²) in [4.78, 5) is 35.2. The Balaban J connectivity index is 2.05. The highest BCUT2D eigenvalue weighted by Crippen LogP contribution is 2.35. The normalized spacial score (nSPS) is 12.6. The Labute approximate surface area is 172 Å². The molecule has 1 unspecified atom stereocenters. The van der Waals surface area contributed by atoms with Gasteiger partial charge in [0.2, 0.25) is 0 Å². The fourth-order valence-corrected chi connectivity index (χ4v) is 3.29. The maximum Gasteiger partial charge on any atom is 0.346 e. The third-order valence-corrected chi connectivity index (χ3v) is 4.82. The van der Waals surface area contributed by atoms with Gasteiger partial charge in [0.05, 0.1) is 10.5 Å². The number of carbonyl (C=O) groups is 2. The van der Waals surface area contributed by atoms with E-state index in [4.69, 9.17) is 4.74 Å². The van der Waals surface area contributed by atoms with E-state index in [1.54, 1.807) is 24.3 Å². The van der Waals surface area contributed by atoms with E-state index in [1.807, 2.05) is 43.3 Å². The fourth-order valence-electron chi connectivity index (χ4n) is 3.29. The highest BCUT2D eigenvalue weighted by atomic mass is 16.6. The lowest BCUT2D eigenvalue weighted by Crippen LogP contribution is -2.20. The highest BCUT2D eigenvalue weighted by molar-refractivity contribution is 6.05. The lowest BCUT2D eigenvalue weighted by atomic mass is 9.90. The maximum absolute atomic E-state index is 13.0. The summed E-state index contributed by atoms with van der Waals surface area (Å²) >= 11 is 0. The molecule has 3 aromatic carbocycles. The van der Waals surface area contributed by atoms with Gasteiger partial charge in [0, 0.05) is 12.0 Å². The zero-order valence-electron chi connectivity index (χ0n) is 16.1. The van der Waals surface area contributed by atoms with Crippen LogP contribution < -0.4 is 0 Å². The molecular formula is C23H19NO6. The molecule has 0 aromatic heterocycles. The number of carboxylic acids is 1. The number of ether oxygens (including phenoxy) is 1. The van der Waals surface area contributed by atoms with Gasteiger partial charge in [-0.2, -0.15) is 0 Å². The Morgan fingerprint density at radius 3 is 2.00 bits per heavy atom. The number of benzene rings is 3. The molecule has 0 saturated carbocycles. The van der Waals surface area contributed by atoms with Crippen LogP contribution in [0.4, 0.5) is 5.69 Å². The Hall–Kier alpha value is -4.00. The minimum atomic E-state index is -1.45. The zero-order chi connectivity index (χ0) is 21.7. The van der Waals surface area contributed by atoms with Crippen molar-refractivity contribution in [3.8, 4) is 0 Å². The Morgan fingerprint density at radius 2 is 1.47 bits per heavy atom. The molecule has 2 atom stereocenters. The van der Waals surface area contributed by atoms with Crippen molar-refractivity contribution < 1.29 is 24.4 Å². The van der Waals surface area contributed by atoms with E-state index < -0.39 is 39.8 Å². The molecule has 7 heteroatoms. The molecule has 152 valence electrons. The van der Waals surface area contributed by atoms with Crippen molar-refractivity contribution in [2.45, 2.75) is 18.9 Å².